The first-order valence-electron chi connectivity index (χ1n) is 5.19. The second-order valence-electron chi connectivity index (χ2n) is 4.83. The molecule has 0 aliphatic heterocycles. The largest absolute Gasteiger partial charge is 0.481 e. The summed E-state index contributed by atoms with van der Waals surface area (Å²) in [6.07, 6.45) is -4.03. The minimum absolute atomic E-state index is 0.220. The lowest BCUT2D eigenvalue weighted by atomic mass is 9.88. The Labute approximate surface area is 91.8 Å². The van der Waals surface area contributed by atoms with Crippen LogP contribution in [-0.4, -0.2) is 23.3 Å². The molecule has 1 saturated carbocycles. The predicted molar refractivity (Wildman–Crippen MR) is 51.7 cm³/mol. The van der Waals surface area contributed by atoms with E-state index in [1.807, 2.05) is 6.92 Å². The Balaban J connectivity index is 2.59. The molecule has 0 aromatic carbocycles. The lowest BCUT2D eigenvalue weighted by Crippen LogP contribution is -2.37. The van der Waals surface area contributed by atoms with Crippen LogP contribution in [0.1, 0.15) is 32.6 Å². The summed E-state index contributed by atoms with van der Waals surface area (Å²) in [5, 5.41) is 8.44. The summed E-state index contributed by atoms with van der Waals surface area (Å²) in [7, 11) is 0. The maximum Gasteiger partial charge on any atom is 0.392 e. The second-order valence-corrected chi connectivity index (χ2v) is 4.83. The van der Waals surface area contributed by atoms with Crippen molar-refractivity contribution in [1.82, 2.24) is 0 Å². The van der Waals surface area contributed by atoms with Gasteiger partial charge in [0.1, 0.15) is 0 Å². The normalized spacial score (nSPS) is 22.6. The van der Waals surface area contributed by atoms with E-state index in [0.717, 1.165) is 12.8 Å². The Bertz CT molecular complexity index is 274. The topological polar surface area (TPSA) is 63.3 Å². The zero-order chi connectivity index (χ0) is 12.6. The van der Waals surface area contributed by atoms with E-state index in [4.69, 9.17) is 10.8 Å². The van der Waals surface area contributed by atoms with Gasteiger partial charge in [0.25, 0.3) is 0 Å². The van der Waals surface area contributed by atoms with Crippen molar-refractivity contribution >= 4 is 5.97 Å². The molecular weight excluding hydrogens is 223 g/mol. The van der Waals surface area contributed by atoms with Gasteiger partial charge in [0.15, 0.2) is 0 Å². The fourth-order valence-electron chi connectivity index (χ4n) is 1.70. The number of halogens is 3. The highest BCUT2D eigenvalue weighted by molar-refractivity contribution is 5.67. The minimum Gasteiger partial charge on any atom is -0.481 e. The molecule has 0 aromatic heterocycles. The zero-order valence-electron chi connectivity index (χ0n) is 9.05. The smallest absolute Gasteiger partial charge is 0.392 e. The van der Waals surface area contributed by atoms with Crippen LogP contribution >= 0.6 is 0 Å². The minimum atomic E-state index is -4.48. The first kappa shape index (κ1) is 13.3. The van der Waals surface area contributed by atoms with Crippen LogP contribution < -0.4 is 5.73 Å². The molecule has 0 radical (unpaired) electrons. The zero-order valence-corrected chi connectivity index (χ0v) is 9.05. The van der Waals surface area contributed by atoms with E-state index in [2.05, 4.69) is 0 Å². The molecule has 1 aliphatic rings. The molecule has 94 valence electrons. The van der Waals surface area contributed by atoms with Crippen LogP contribution in [0.25, 0.3) is 0 Å². The lowest BCUT2D eigenvalue weighted by Gasteiger charge is -2.25. The SMILES string of the molecule is CC1([C@H](N)C[C@H](CC(=O)O)C(F)(F)F)CC1. The molecule has 16 heavy (non-hydrogen) atoms. The van der Waals surface area contributed by atoms with E-state index < -0.39 is 30.5 Å². The monoisotopic (exact) mass is 239 g/mol. The van der Waals surface area contributed by atoms with Gasteiger partial charge in [-0.05, 0) is 24.7 Å². The molecule has 0 bridgehead atoms. The average molecular weight is 239 g/mol. The number of hydrogen-bond donors (Lipinski definition) is 2. The number of nitrogens with two attached hydrogens (primary N) is 1. The molecule has 0 amide bonds. The second kappa shape index (κ2) is 4.24. The van der Waals surface area contributed by atoms with Gasteiger partial charge in [0.05, 0.1) is 12.3 Å². The van der Waals surface area contributed by atoms with E-state index in [1.54, 1.807) is 0 Å². The fraction of sp³-hybridized carbons (Fsp3) is 0.900. The molecule has 1 aliphatic carbocycles. The third-order valence-electron chi connectivity index (χ3n) is 3.36. The maximum atomic E-state index is 12.5. The Hall–Kier alpha value is -0.780. The van der Waals surface area contributed by atoms with E-state index >= 15 is 0 Å². The van der Waals surface area contributed by atoms with Gasteiger partial charge in [-0.3, -0.25) is 4.79 Å². The van der Waals surface area contributed by atoms with E-state index in [-0.39, 0.29) is 11.8 Å². The first-order valence-corrected chi connectivity index (χ1v) is 5.19. The summed E-state index contributed by atoms with van der Waals surface area (Å²) < 4.78 is 37.6. The molecule has 6 heteroatoms. The third-order valence-corrected chi connectivity index (χ3v) is 3.36. The van der Waals surface area contributed by atoms with Crippen molar-refractivity contribution in [1.29, 1.82) is 0 Å². The molecule has 0 spiro atoms. The first-order chi connectivity index (χ1) is 7.15. The Morgan fingerprint density at radius 3 is 2.31 bits per heavy atom. The maximum absolute atomic E-state index is 12.5. The quantitative estimate of drug-likeness (QED) is 0.772. The van der Waals surface area contributed by atoms with Gasteiger partial charge in [-0.2, -0.15) is 13.2 Å². The van der Waals surface area contributed by atoms with E-state index in [0.29, 0.717) is 0 Å². The van der Waals surface area contributed by atoms with Gasteiger partial charge >= 0.3 is 12.1 Å². The summed E-state index contributed by atoms with van der Waals surface area (Å²) in [5.74, 6) is -3.27. The standard InChI is InChI=1S/C10H16F3NO2/c1-9(2-3-9)7(14)4-6(5-8(15)16)10(11,12)13/h6-7H,2-5,14H2,1H3,(H,15,16)/t6-,7-/m1/s1. The van der Waals surface area contributed by atoms with Crippen molar-refractivity contribution in [3.8, 4) is 0 Å². The van der Waals surface area contributed by atoms with Crippen molar-refractivity contribution in [2.24, 2.45) is 17.1 Å². The number of hydrogen-bond acceptors (Lipinski definition) is 2. The van der Waals surface area contributed by atoms with Crippen LogP contribution in [0.3, 0.4) is 0 Å². The van der Waals surface area contributed by atoms with Crippen molar-refractivity contribution in [2.75, 3.05) is 0 Å². The highest BCUT2D eigenvalue weighted by atomic mass is 19.4. The average Bonchev–Trinajstić information content (AvgIpc) is 2.81. The number of carboxylic acid groups (broad SMARTS) is 1. The summed E-state index contributed by atoms with van der Waals surface area (Å²) >= 11 is 0. The van der Waals surface area contributed by atoms with Gasteiger partial charge in [0.2, 0.25) is 0 Å². The summed E-state index contributed by atoms with van der Waals surface area (Å²) in [6, 6.07) is -0.571. The van der Waals surface area contributed by atoms with Crippen molar-refractivity contribution in [3.05, 3.63) is 0 Å². The summed E-state index contributed by atoms with van der Waals surface area (Å²) in [4.78, 5) is 10.4. The highest BCUT2D eigenvalue weighted by Gasteiger charge is 2.48. The van der Waals surface area contributed by atoms with Crippen LogP contribution in [0.15, 0.2) is 0 Å². The Morgan fingerprint density at radius 2 is 2.00 bits per heavy atom. The van der Waals surface area contributed by atoms with Crippen molar-refractivity contribution < 1.29 is 23.1 Å². The highest BCUT2D eigenvalue weighted by Crippen LogP contribution is 2.50. The molecule has 1 rings (SSSR count). The third kappa shape index (κ3) is 3.37. The van der Waals surface area contributed by atoms with Crippen LogP contribution in [-0.2, 0) is 4.79 Å². The molecular formula is C10H16F3NO2. The van der Waals surface area contributed by atoms with Gasteiger partial charge in [0, 0.05) is 6.04 Å². The summed E-state index contributed by atoms with van der Waals surface area (Å²) in [5.41, 5.74) is 5.47. The van der Waals surface area contributed by atoms with Crippen LogP contribution in [0.2, 0.25) is 0 Å². The van der Waals surface area contributed by atoms with Gasteiger partial charge in [-0.15, -0.1) is 0 Å². The number of aliphatic carboxylic acids is 1. The predicted octanol–water partition coefficient (Wildman–Crippen LogP) is 2.16. The van der Waals surface area contributed by atoms with Crippen LogP contribution in [0.4, 0.5) is 13.2 Å². The van der Waals surface area contributed by atoms with Crippen molar-refractivity contribution in [3.63, 3.8) is 0 Å². The number of rotatable bonds is 5. The molecule has 2 atom stereocenters. The number of carbonyl (C=O) groups is 1. The number of carboxylic acids is 1. The number of alkyl halides is 3. The molecule has 3 nitrogen and oxygen atoms in total. The molecule has 0 aromatic rings. The van der Waals surface area contributed by atoms with E-state index in [9.17, 15) is 18.0 Å². The van der Waals surface area contributed by atoms with Crippen LogP contribution in [0, 0.1) is 11.3 Å². The molecule has 0 saturated heterocycles. The van der Waals surface area contributed by atoms with Crippen LogP contribution in [0.5, 0.6) is 0 Å². The molecule has 0 unspecified atom stereocenters. The Kier molecular flexibility index (Phi) is 3.52. The molecule has 3 N–H and O–H groups in total. The summed E-state index contributed by atoms with van der Waals surface area (Å²) in [6.45, 7) is 1.84. The Morgan fingerprint density at radius 1 is 1.50 bits per heavy atom. The fourth-order valence-corrected chi connectivity index (χ4v) is 1.70. The lowest BCUT2D eigenvalue weighted by molar-refractivity contribution is -0.186. The molecule has 0 heterocycles. The van der Waals surface area contributed by atoms with Crippen molar-refractivity contribution in [2.45, 2.75) is 44.8 Å². The van der Waals surface area contributed by atoms with E-state index in [1.165, 1.54) is 0 Å². The van der Waals surface area contributed by atoms with Gasteiger partial charge < -0.3 is 10.8 Å². The van der Waals surface area contributed by atoms with Gasteiger partial charge in [-0.25, -0.2) is 0 Å². The molecule has 1 fully saturated rings. The van der Waals surface area contributed by atoms with Gasteiger partial charge in [-0.1, -0.05) is 6.92 Å².